The van der Waals surface area contributed by atoms with Gasteiger partial charge in [0.1, 0.15) is 0 Å². The van der Waals surface area contributed by atoms with Crippen LogP contribution in [0.3, 0.4) is 0 Å². The molecule has 1 rings (SSSR count). The van der Waals surface area contributed by atoms with Crippen LogP contribution in [0.25, 0.3) is 0 Å². The predicted molar refractivity (Wildman–Crippen MR) is 120 cm³/mol. The smallest absolute Gasteiger partial charge is 0.0977 e. The summed E-state index contributed by atoms with van der Waals surface area (Å²) in [4.78, 5) is 0. The largest absolute Gasteiger partial charge is 0.748 e. The lowest BCUT2D eigenvalue weighted by Crippen LogP contribution is -2.52. The Morgan fingerprint density at radius 1 is 0.862 bits per heavy atom. The first-order valence-electron chi connectivity index (χ1n) is 12.2. The Labute approximate surface area is 180 Å². The molecule has 29 heavy (non-hydrogen) atoms. The number of rotatable bonds is 17. The second-order valence-corrected chi connectivity index (χ2v) is 11.3. The van der Waals surface area contributed by atoms with Crippen molar-refractivity contribution in [2.75, 3.05) is 26.7 Å². The van der Waals surface area contributed by atoms with Gasteiger partial charge in [0.05, 0.1) is 48.2 Å². The van der Waals surface area contributed by atoms with Crippen LogP contribution in [-0.2, 0) is 10.1 Å². The Balaban J connectivity index is 2.12. The second-order valence-electron chi connectivity index (χ2n) is 9.60. The van der Waals surface area contributed by atoms with Crippen molar-refractivity contribution in [1.82, 2.24) is 0 Å². The normalized spacial score (nSPS) is 23.9. The van der Waals surface area contributed by atoms with Crippen molar-refractivity contribution in [3.63, 3.8) is 0 Å². The molecule has 1 heterocycles. The molecule has 5 nitrogen and oxygen atoms in total. The van der Waals surface area contributed by atoms with Gasteiger partial charge in [-0.2, -0.15) is 0 Å². The van der Waals surface area contributed by atoms with Crippen LogP contribution in [0.5, 0.6) is 0 Å². The van der Waals surface area contributed by atoms with E-state index in [9.17, 15) is 18.1 Å². The molecule has 1 N–H and O–H groups in total. The Morgan fingerprint density at radius 3 is 1.76 bits per heavy atom. The number of hydrogen-bond acceptors (Lipinski definition) is 4. The van der Waals surface area contributed by atoms with Gasteiger partial charge in [0, 0.05) is 19.3 Å². The van der Waals surface area contributed by atoms with Crippen molar-refractivity contribution in [3.8, 4) is 0 Å². The van der Waals surface area contributed by atoms with E-state index in [1.165, 1.54) is 57.8 Å². The molecule has 0 saturated carbocycles. The van der Waals surface area contributed by atoms with Crippen molar-refractivity contribution in [3.05, 3.63) is 0 Å². The van der Waals surface area contributed by atoms with Gasteiger partial charge in [-0.3, -0.25) is 0 Å². The molecule has 1 fully saturated rings. The molecular formula is C23H47NO4S. The van der Waals surface area contributed by atoms with Crippen LogP contribution in [0, 0.1) is 0 Å². The molecular weight excluding hydrogens is 386 g/mol. The molecule has 1 aliphatic heterocycles. The molecule has 1 unspecified atom stereocenters. The third-order valence-electron chi connectivity index (χ3n) is 6.78. The highest BCUT2D eigenvalue weighted by Gasteiger charge is 2.30. The van der Waals surface area contributed by atoms with E-state index in [0.29, 0.717) is 12.8 Å². The van der Waals surface area contributed by atoms with Gasteiger partial charge in [-0.25, -0.2) is 8.42 Å². The van der Waals surface area contributed by atoms with E-state index >= 15 is 0 Å². The third-order valence-corrected chi connectivity index (χ3v) is 8.07. The number of aliphatic hydroxyl groups is 1. The predicted octanol–water partition coefficient (Wildman–Crippen LogP) is 4.98. The van der Waals surface area contributed by atoms with Gasteiger partial charge in [0.2, 0.25) is 0 Å². The van der Waals surface area contributed by atoms with Gasteiger partial charge >= 0.3 is 0 Å². The van der Waals surface area contributed by atoms with Gasteiger partial charge in [0.15, 0.2) is 0 Å². The van der Waals surface area contributed by atoms with Crippen LogP contribution >= 0.6 is 0 Å². The number of unbranched alkanes of at least 4 members (excludes halogenated alkanes) is 11. The van der Waals surface area contributed by atoms with Gasteiger partial charge in [-0.1, -0.05) is 84.0 Å². The first-order chi connectivity index (χ1) is 13.8. The SMILES string of the molecule is CCCCCCCCCCCCCCC(CC[N+]1(C)CCC(O)CC1)S(=O)(=O)[O-]. The maximum atomic E-state index is 11.7. The van der Waals surface area contributed by atoms with Crippen LogP contribution in [0.1, 0.15) is 110 Å². The summed E-state index contributed by atoms with van der Waals surface area (Å²) in [5.74, 6) is 0. The summed E-state index contributed by atoms with van der Waals surface area (Å²) in [6.07, 6.45) is 17.2. The molecule has 0 aromatic carbocycles. The number of piperidine rings is 1. The molecule has 1 saturated heterocycles. The van der Waals surface area contributed by atoms with Gasteiger partial charge in [-0.05, 0) is 6.42 Å². The van der Waals surface area contributed by atoms with Crippen LogP contribution in [0.15, 0.2) is 0 Å². The zero-order valence-corrected chi connectivity index (χ0v) is 19.9. The summed E-state index contributed by atoms with van der Waals surface area (Å²) in [6, 6.07) is 0. The second kappa shape index (κ2) is 14.8. The molecule has 0 radical (unpaired) electrons. The minimum atomic E-state index is -4.23. The topological polar surface area (TPSA) is 77.4 Å². The summed E-state index contributed by atoms with van der Waals surface area (Å²) in [7, 11) is -2.11. The third kappa shape index (κ3) is 13.0. The monoisotopic (exact) mass is 433 g/mol. The molecule has 0 amide bonds. The Hall–Kier alpha value is -0.170. The van der Waals surface area contributed by atoms with Crippen LogP contribution in [0.2, 0.25) is 0 Å². The summed E-state index contributed by atoms with van der Waals surface area (Å²) in [6.45, 7) is 4.70. The average Bonchev–Trinajstić information content (AvgIpc) is 2.66. The van der Waals surface area contributed by atoms with Gasteiger partial charge in [-0.15, -0.1) is 0 Å². The fourth-order valence-electron chi connectivity index (χ4n) is 4.50. The Morgan fingerprint density at radius 2 is 1.31 bits per heavy atom. The summed E-state index contributed by atoms with van der Waals surface area (Å²) in [5.41, 5.74) is 0. The molecule has 1 atom stereocenters. The molecule has 1 aliphatic rings. The Kier molecular flexibility index (Phi) is 13.7. The van der Waals surface area contributed by atoms with Crippen LogP contribution < -0.4 is 0 Å². The molecule has 174 valence electrons. The number of aliphatic hydroxyl groups excluding tert-OH is 1. The van der Waals surface area contributed by atoms with Gasteiger partial charge < -0.3 is 14.1 Å². The van der Waals surface area contributed by atoms with E-state index in [4.69, 9.17) is 0 Å². The van der Waals surface area contributed by atoms with E-state index in [1.54, 1.807) is 0 Å². The van der Waals surface area contributed by atoms with E-state index in [2.05, 4.69) is 14.0 Å². The van der Waals surface area contributed by atoms with Crippen molar-refractivity contribution < 1.29 is 22.6 Å². The maximum Gasteiger partial charge on any atom is 0.0977 e. The molecule has 0 bridgehead atoms. The summed E-state index contributed by atoms with van der Waals surface area (Å²) >= 11 is 0. The molecule has 6 heteroatoms. The first kappa shape index (κ1) is 26.9. The highest BCUT2D eigenvalue weighted by atomic mass is 32.2. The quantitative estimate of drug-likeness (QED) is 0.199. The zero-order chi connectivity index (χ0) is 21.6. The van der Waals surface area contributed by atoms with Gasteiger partial charge in [0.25, 0.3) is 0 Å². The van der Waals surface area contributed by atoms with Crippen molar-refractivity contribution >= 4 is 10.1 Å². The van der Waals surface area contributed by atoms with E-state index < -0.39 is 15.4 Å². The van der Waals surface area contributed by atoms with Crippen molar-refractivity contribution in [2.24, 2.45) is 0 Å². The lowest BCUT2D eigenvalue weighted by Gasteiger charge is -2.40. The summed E-state index contributed by atoms with van der Waals surface area (Å²) < 4.78 is 35.9. The van der Waals surface area contributed by atoms with E-state index in [1.807, 2.05) is 0 Å². The molecule has 0 spiro atoms. The highest BCUT2D eigenvalue weighted by Crippen LogP contribution is 2.22. The Bertz CT molecular complexity index is 501. The number of hydrogen-bond donors (Lipinski definition) is 1. The lowest BCUT2D eigenvalue weighted by molar-refractivity contribution is -0.915. The maximum absolute atomic E-state index is 11.7. The van der Waals surface area contributed by atoms with E-state index in [0.717, 1.165) is 56.2 Å². The van der Waals surface area contributed by atoms with Crippen LogP contribution in [0.4, 0.5) is 0 Å². The zero-order valence-electron chi connectivity index (χ0n) is 19.1. The average molecular weight is 434 g/mol. The fourth-order valence-corrected chi connectivity index (χ4v) is 5.35. The minimum Gasteiger partial charge on any atom is -0.748 e. The highest BCUT2D eigenvalue weighted by molar-refractivity contribution is 7.86. The lowest BCUT2D eigenvalue weighted by atomic mass is 10.0. The van der Waals surface area contributed by atoms with Crippen molar-refractivity contribution in [1.29, 1.82) is 0 Å². The minimum absolute atomic E-state index is 0.221. The van der Waals surface area contributed by atoms with E-state index in [-0.39, 0.29) is 6.10 Å². The van der Waals surface area contributed by atoms with Crippen LogP contribution in [-0.4, -0.2) is 60.6 Å². The summed E-state index contributed by atoms with van der Waals surface area (Å²) in [5, 5.41) is 8.93. The number of likely N-dealkylation sites (tertiary alicyclic amines) is 1. The number of nitrogens with zero attached hydrogens (tertiary/aromatic N) is 1. The standard InChI is InChI=1S/C23H47NO4S/c1-3-4-5-6-7-8-9-10-11-12-13-14-15-23(29(26,27)28)18-21-24(2)19-16-22(25)17-20-24/h22-23,25H,3-21H2,1-2H3. The molecule has 0 aliphatic carbocycles. The van der Waals surface area contributed by atoms with Crippen molar-refractivity contribution in [2.45, 2.75) is 121 Å². The fraction of sp³-hybridized carbons (Fsp3) is 1.00. The molecule has 0 aromatic heterocycles. The number of quaternary nitrogens is 1. The molecule has 0 aromatic rings. The first-order valence-corrected chi connectivity index (χ1v) is 13.7.